The number of carbonyl (C=O) groups excluding carboxylic acids is 2. The van der Waals surface area contributed by atoms with Gasteiger partial charge in [0.15, 0.2) is 6.61 Å². The van der Waals surface area contributed by atoms with E-state index in [-0.39, 0.29) is 5.69 Å². The van der Waals surface area contributed by atoms with Crippen LogP contribution < -0.4 is 10.2 Å². The summed E-state index contributed by atoms with van der Waals surface area (Å²) in [5, 5.41) is 2.50. The number of hydrogen-bond donors (Lipinski definition) is 1. The van der Waals surface area contributed by atoms with E-state index >= 15 is 0 Å². The van der Waals surface area contributed by atoms with E-state index in [0.717, 1.165) is 25.0 Å². The Morgan fingerprint density at radius 2 is 1.94 bits per heavy atom. The molecule has 3 fully saturated rings. The Bertz CT molecular complexity index is 823. The van der Waals surface area contributed by atoms with Gasteiger partial charge in [-0.05, 0) is 55.2 Å². The number of alkyl halides is 3. The van der Waals surface area contributed by atoms with E-state index in [1.165, 1.54) is 18.9 Å². The van der Waals surface area contributed by atoms with Crippen LogP contribution in [-0.4, -0.2) is 44.8 Å². The number of nitrogens with zero attached hydrogens (tertiary/aromatic N) is 1. The lowest BCUT2D eigenvalue weighted by Gasteiger charge is -2.31. The third-order valence-electron chi connectivity index (χ3n) is 6.63. The number of carbonyl (C=O) groups is 2. The van der Waals surface area contributed by atoms with Gasteiger partial charge in [0.1, 0.15) is 0 Å². The largest absolute Gasteiger partial charge is 0.456 e. The van der Waals surface area contributed by atoms with Gasteiger partial charge in [-0.3, -0.25) is 9.59 Å². The molecule has 2 aliphatic carbocycles. The van der Waals surface area contributed by atoms with Gasteiger partial charge in [-0.25, -0.2) is 0 Å². The second-order valence-electron chi connectivity index (χ2n) is 8.68. The first-order valence-corrected chi connectivity index (χ1v) is 10.8. The van der Waals surface area contributed by atoms with E-state index in [1.807, 2.05) is 4.90 Å². The first kappa shape index (κ1) is 21.9. The second-order valence-corrected chi connectivity index (χ2v) is 8.68. The molecule has 0 aromatic heterocycles. The van der Waals surface area contributed by atoms with Crippen LogP contribution >= 0.6 is 0 Å². The maximum absolute atomic E-state index is 13.2. The number of ether oxygens (including phenoxy) is 2. The summed E-state index contributed by atoms with van der Waals surface area (Å²) in [7, 11) is 0. The zero-order valence-corrected chi connectivity index (χ0v) is 17.2. The van der Waals surface area contributed by atoms with Crippen molar-refractivity contribution in [2.45, 2.75) is 38.3 Å². The van der Waals surface area contributed by atoms with Crippen molar-refractivity contribution in [3.63, 3.8) is 0 Å². The molecule has 1 aromatic carbocycles. The average Bonchev–Trinajstić information content (AvgIpc) is 3.35. The minimum Gasteiger partial charge on any atom is -0.456 e. The second kappa shape index (κ2) is 9.06. The number of halogens is 3. The first-order valence-electron chi connectivity index (χ1n) is 10.8. The predicted molar refractivity (Wildman–Crippen MR) is 108 cm³/mol. The molecule has 1 saturated heterocycles. The molecule has 1 amide bonds. The van der Waals surface area contributed by atoms with Crippen LogP contribution in [0.2, 0.25) is 0 Å². The van der Waals surface area contributed by atoms with Crippen molar-refractivity contribution in [3.8, 4) is 0 Å². The summed E-state index contributed by atoms with van der Waals surface area (Å²) in [5.41, 5.74) is -0.322. The number of hydrogen-bond acceptors (Lipinski definition) is 5. The quantitative estimate of drug-likeness (QED) is 0.681. The number of rotatable bonds is 6. The van der Waals surface area contributed by atoms with Crippen LogP contribution in [0.1, 0.15) is 37.7 Å². The number of amides is 1. The summed E-state index contributed by atoms with van der Waals surface area (Å²) >= 11 is 0. The zero-order valence-electron chi connectivity index (χ0n) is 17.2. The van der Waals surface area contributed by atoms with Crippen LogP contribution in [0.15, 0.2) is 18.2 Å². The van der Waals surface area contributed by atoms with Crippen molar-refractivity contribution in [2.75, 3.05) is 43.1 Å². The third kappa shape index (κ3) is 5.31. The lowest BCUT2D eigenvalue weighted by atomic mass is 9.86. The highest BCUT2D eigenvalue weighted by Gasteiger charge is 2.40. The van der Waals surface area contributed by atoms with E-state index in [0.29, 0.717) is 56.2 Å². The Labute approximate surface area is 179 Å². The highest BCUT2D eigenvalue weighted by molar-refractivity contribution is 5.96. The van der Waals surface area contributed by atoms with Crippen molar-refractivity contribution in [2.24, 2.45) is 17.8 Å². The van der Waals surface area contributed by atoms with E-state index in [2.05, 4.69) is 5.32 Å². The van der Waals surface area contributed by atoms with Crippen molar-refractivity contribution >= 4 is 23.3 Å². The molecule has 3 aliphatic rings. The molecule has 2 saturated carbocycles. The van der Waals surface area contributed by atoms with E-state index in [1.54, 1.807) is 0 Å². The van der Waals surface area contributed by atoms with Crippen molar-refractivity contribution in [3.05, 3.63) is 23.8 Å². The van der Waals surface area contributed by atoms with Crippen LogP contribution in [0, 0.1) is 17.8 Å². The molecule has 9 heteroatoms. The normalized spacial score (nSPS) is 25.5. The predicted octanol–water partition coefficient (Wildman–Crippen LogP) is 3.85. The molecule has 1 aromatic rings. The van der Waals surface area contributed by atoms with Crippen LogP contribution in [0.25, 0.3) is 0 Å². The highest BCUT2D eigenvalue weighted by atomic mass is 19.4. The molecule has 0 radical (unpaired) electrons. The van der Waals surface area contributed by atoms with Crippen LogP contribution in [0.4, 0.5) is 24.5 Å². The molecule has 31 heavy (non-hydrogen) atoms. The molecule has 1 aliphatic heterocycles. The fraction of sp³-hybridized carbons (Fsp3) is 0.636. The van der Waals surface area contributed by atoms with Gasteiger partial charge in [-0.15, -0.1) is 0 Å². The fourth-order valence-corrected chi connectivity index (χ4v) is 5.12. The summed E-state index contributed by atoms with van der Waals surface area (Å²) in [6.07, 6.45) is 0.384. The lowest BCUT2D eigenvalue weighted by Crippen LogP contribution is -2.37. The van der Waals surface area contributed by atoms with E-state index in [9.17, 15) is 22.8 Å². The summed E-state index contributed by atoms with van der Waals surface area (Å²) in [6.45, 7) is 1.40. The Kier molecular flexibility index (Phi) is 6.41. The van der Waals surface area contributed by atoms with Gasteiger partial charge in [0.05, 0.1) is 30.2 Å². The smallest absolute Gasteiger partial charge is 0.416 e. The van der Waals surface area contributed by atoms with Crippen molar-refractivity contribution in [1.29, 1.82) is 0 Å². The van der Waals surface area contributed by atoms with Gasteiger partial charge in [-0.1, -0.05) is 6.42 Å². The van der Waals surface area contributed by atoms with E-state index in [4.69, 9.17) is 9.47 Å². The molecule has 4 rings (SSSR count). The third-order valence-corrected chi connectivity index (χ3v) is 6.63. The maximum Gasteiger partial charge on any atom is 0.416 e. The summed E-state index contributed by atoms with van der Waals surface area (Å²) in [4.78, 5) is 26.4. The SMILES string of the molecule is O=C(COC(=O)C[C@@H]1C[C@H]2CC[C@@H]1C2)Nc1cc(C(F)(F)F)ccc1N1CCOCC1. The average molecular weight is 440 g/mol. The number of fused-ring (bicyclic) bond motifs is 2. The van der Waals surface area contributed by atoms with Gasteiger partial charge >= 0.3 is 12.1 Å². The maximum atomic E-state index is 13.2. The van der Waals surface area contributed by atoms with Crippen LogP contribution in [0.3, 0.4) is 0 Å². The van der Waals surface area contributed by atoms with Crippen LogP contribution in [-0.2, 0) is 25.2 Å². The van der Waals surface area contributed by atoms with Crippen LogP contribution in [0.5, 0.6) is 0 Å². The van der Waals surface area contributed by atoms with E-state index < -0.39 is 30.2 Å². The molecule has 170 valence electrons. The number of morpholine rings is 1. The van der Waals surface area contributed by atoms with Gasteiger partial charge < -0.3 is 19.7 Å². The number of benzene rings is 1. The van der Waals surface area contributed by atoms with Gasteiger partial charge in [0.2, 0.25) is 0 Å². The summed E-state index contributed by atoms with van der Waals surface area (Å²) in [6, 6.07) is 3.26. The molecular formula is C22H27F3N2O4. The summed E-state index contributed by atoms with van der Waals surface area (Å²) < 4.78 is 49.9. The number of nitrogens with one attached hydrogen (secondary N) is 1. The zero-order chi connectivity index (χ0) is 22.0. The molecule has 1 N–H and O–H groups in total. The topological polar surface area (TPSA) is 67.9 Å². The Morgan fingerprint density at radius 1 is 1.16 bits per heavy atom. The molecule has 0 unspecified atom stereocenters. The fourth-order valence-electron chi connectivity index (χ4n) is 5.12. The molecule has 6 nitrogen and oxygen atoms in total. The van der Waals surface area contributed by atoms with Gasteiger partial charge in [0.25, 0.3) is 5.91 Å². The highest BCUT2D eigenvalue weighted by Crippen LogP contribution is 2.49. The number of esters is 1. The Morgan fingerprint density at radius 3 is 2.58 bits per heavy atom. The first-order chi connectivity index (χ1) is 14.8. The molecule has 3 atom stereocenters. The molecule has 0 spiro atoms. The lowest BCUT2D eigenvalue weighted by molar-refractivity contribution is -0.148. The molecule has 2 bridgehead atoms. The summed E-state index contributed by atoms with van der Waals surface area (Å²) in [5.74, 6) is 0.532. The van der Waals surface area contributed by atoms with Gasteiger partial charge in [-0.2, -0.15) is 13.2 Å². The standard InChI is InChI=1S/C22H27F3N2O4/c23-22(24,25)17-3-4-19(27-5-7-30-8-6-27)18(12-17)26-20(28)13-31-21(29)11-16-10-14-1-2-15(16)9-14/h3-4,12,14-16H,1-2,5-11,13H2,(H,26,28)/t14-,15+,16-/m0/s1. The molecular weight excluding hydrogens is 413 g/mol. The Balaban J connectivity index is 1.37. The van der Waals surface area contributed by atoms with Gasteiger partial charge in [0, 0.05) is 19.5 Å². The Hall–Kier alpha value is -2.29. The minimum atomic E-state index is -4.53. The minimum absolute atomic E-state index is 0.0471. The van der Waals surface area contributed by atoms with Crippen molar-refractivity contribution in [1.82, 2.24) is 0 Å². The monoisotopic (exact) mass is 440 g/mol. The van der Waals surface area contributed by atoms with Crippen molar-refractivity contribution < 1.29 is 32.2 Å². The molecule has 1 heterocycles. The number of anilines is 2.